The van der Waals surface area contributed by atoms with Gasteiger partial charge in [-0.15, -0.1) is 11.3 Å². The third-order valence-corrected chi connectivity index (χ3v) is 6.55. The smallest absolute Gasteiger partial charge is 0.249 e. The number of likely N-dealkylation sites (tertiary alicyclic amines) is 1. The molecule has 29 heavy (non-hydrogen) atoms. The molecule has 8 heteroatoms. The summed E-state index contributed by atoms with van der Waals surface area (Å²) < 4.78 is 0. The first-order valence-electron chi connectivity index (χ1n) is 9.46. The number of allylic oxidation sites excluding steroid dienone is 2. The topological polar surface area (TPSA) is 79.4 Å². The molecule has 2 aromatic rings. The van der Waals surface area contributed by atoms with Crippen LogP contribution in [0.3, 0.4) is 0 Å². The van der Waals surface area contributed by atoms with Crippen LogP contribution in [-0.4, -0.2) is 33.6 Å². The van der Waals surface area contributed by atoms with Crippen molar-refractivity contribution < 1.29 is 14.4 Å². The SMILES string of the molecule is C[C@@H](C(=O)Nc1ncc(Cc2ccc(Cl)cc2)s1)N1C(=O)C2CC=CCC2C1=O. The van der Waals surface area contributed by atoms with E-state index in [-0.39, 0.29) is 23.7 Å². The Morgan fingerprint density at radius 2 is 1.83 bits per heavy atom. The molecular weight excluding hydrogens is 410 g/mol. The molecule has 1 N–H and O–H groups in total. The molecule has 4 rings (SSSR count). The number of benzene rings is 1. The summed E-state index contributed by atoms with van der Waals surface area (Å²) in [6.45, 7) is 1.58. The fourth-order valence-corrected chi connectivity index (χ4v) is 4.76. The van der Waals surface area contributed by atoms with E-state index >= 15 is 0 Å². The second-order valence-corrected chi connectivity index (χ2v) is 8.85. The third kappa shape index (κ3) is 3.97. The average molecular weight is 430 g/mol. The molecule has 0 saturated carbocycles. The van der Waals surface area contributed by atoms with Gasteiger partial charge in [0.2, 0.25) is 17.7 Å². The zero-order valence-electron chi connectivity index (χ0n) is 15.8. The second kappa shape index (κ2) is 8.08. The van der Waals surface area contributed by atoms with Crippen LogP contribution in [0, 0.1) is 11.8 Å². The number of hydrogen-bond acceptors (Lipinski definition) is 5. The van der Waals surface area contributed by atoms with Gasteiger partial charge in [-0.05, 0) is 37.5 Å². The highest BCUT2D eigenvalue weighted by molar-refractivity contribution is 7.15. The highest BCUT2D eigenvalue weighted by Gasteiger charge is 2.50. The Morgan fingerprint density at radius 3 is 2.45 bits per heavy atom. The lowest BCUT2D eigenvalue weighted by molar-refractivity contribution is -0.146. The number of imide groups is 1. The van der Waals surface area contributed by atoms with Crippen LogP contribution in [0.25, 0.3) is 0 Å². The third-order valence-electron chi connectivity index (χ3n) is 5.38. The summed E-state index contributed by atoms with van der Waals surface area (Å²) in [4.78, 5) is 44.3. The van der Waals surface area contributed by atoms with Gasteiger partial charge >= 0.3 is 0 Å². The highest BCUT2D eigenvalue weighted by Crippen LogP contribution is 2.36. The number of fused-ring (bicyclic) bond motifs is 1. The molecular formula is C21H20ClN3O3S. The highest BCUT2D eigenvalue weighted by atomic mass is 35.5. The van der Waals surface area contributed by atoms with Gasteiger partial charge < -0.3 is 5.32 Å². The number of nitrogens with one attached hydrogen (secondary N) is 1. The molecule has 2 aliphatic rings. The van der Waals surface area contributed by atoms with Crippen LogP contribution in [0.15, 0.2) is 42.6 Å². The van der Waals surface area contributed by atoms with Crippen LogP contribution in [0.4, 0.5) is 5.13 Å². The van der Waals surface area contributed by atoms with Crippen LogP contribution in [-0.2, 0) is 20.8 Å². The Kier molecular flexibility index (Phi) is 5.52. The molecule has 0 bridgehead atoms. The predicted molar refractivity (Wildman–Crippen MR) is 112 cm³/mol. The molecule has 0 spiro atoms. The van der Waals surface area contributed by atoms with Gasteiger partial charge in [-0.2, -0.15) is 0 Å². The Morgan fingerprint density at radius 1 is 1.21 bits per heavy atom. The van der Waals surface area contributed by atoms with Crippen molar-refractivity contribution in [1.82, 2.24) is 9.88 Å². The van der Waals surface area contributed by atoms with Crippen molar-refractivity contribution in [2.24, 2.45) is 11.8 Å². The number of nitrogens with zero attached hydrogens (tertiary/aromatic N) is 2. The molecule has 1 aromatic heterocycles. The minimum absolute atomic E-state index is 0.255. The van der Waals surface area contributed by atoms with Crippen molar-refractivity contribution in [2.45, 2.75) is 32.2 Å². The average Bonchev–Trinajstić information content (AvgIpc) is 3.25. The Labute approximate surface area is 177 Å². The van der Waals surface area contributed by atoms with Gasteiger partial charge in [-0.3, -0.25) is 19.3 Å². The number of carbonyl (C=O) groups is 3. The second-order valence-electron chi connectivity index (χ2n) is 7.30. The van der Waals surface area contributed by atoms with E-state index in [1.165, 1.54) is 11.3 Å². The van der Waals surface area contributed by atoms with E-state index in [0.717, 1.165) is 15.3 Å². The zero-order chi connectivity index (χ0) is 20.5. The van der Waals surface area contributed by atoms with Crippen molar-refractivity contribution in [1.29, 1.82) is 0 Å². The minimum Gasteiger partial charge on any atom is -0.300 e. The molecule has 3 amide bonds. The lowest BCUT2D eigenvalue weighted by Crippen LogP contribution is -2.46. The molecule has 1 aliphatic heterocycles. The number of anilines is 1. The van der Waals surface area contributed by atoms with Gasteiger partial charge in [-0.25, -0.2) is 4.98 Å². The number of carbonyl (C=O) groups excluding carboxylic acids is 3. The van der Waals surface area contributed by atoms with Gasteiger partial charge in [0.25, 0.3) is 0 Å². The van der Waals surface area contributed by atoms with E-state index in [1.54, 1.807) is 13.1 Å². The summed E-state index contributed by atoms with van der Waals surface area (Å²) in [6.07, 6.45) is 7.36. The molecule has 1 saturated heterocycles. The van der Waals surface area contributed by atoms with Crippen molar-refractivity contribution in [3.05, 3.63) is 58.1 Å². The summed E-state index contributed by atoms with van der Waals surface area (Å²) in [5.74, 6) is -1.60. The van der Waals surface area contributed by atoms with Crippen molar-refractivity contribution in [3.8, 4) is 0 Å². The maximum atomic E-state index is 12.7. The van der Waals surface area contributed by atoms with E-state index in [0.29, 0.717) is 29.4 Å². The Balaban J connectivity index is 1.40. The lowest BCUT2D eigenvalue weighted by Gasteiger charge is -2.21. The number of amides is 3. The molecule has 1 aliphatic carbocycles. The van der Waals surface area contributed by atoms with Crippen molar-refractivity contribution in [2.75, 3.05) is 5.32 Å². The van der Waals surface area contributed by atoms with Crippen LogP contribution < -0.4 is 5.32 Å². The molecule has 0 radical (unpaired) electrons. The van der Waals surface area contributed by atoms with Gasteiger partial charge in [0.05, 0.1) is 11.8 Å². The van der Waals surface area contributed by atoms with Gasteiger partial charge in [0.15, 0.2) is 5.13 Å². The van der Waals surface area contributed by atoms with Crippen LogP contribution in [0.5, 0.6) is 0 Å². The molecule has 1 fully saturated rings. The van der Waals surface area contributed by atoms with Crippen LogP contribution >= 0.6 is 22.9 Å². The summed E-state index contributed by atoms with van der Waals surface area (Å²) in [5, 5.41) is 3.87. The van der Waals surface area contributed by atoms with E-state index < -0.39 is 11.9 Å². The van der Waals surface area contributed by atoms with Crippen molar-refractivity contribution in [3.63, 3.8) is 0 Å². The van der Waals surface area contributed by atoms with Crippen LogP contribution in [0.2, 0.25) is 5.02 Å². The summed E-state index contributed by atoms with van der Waals surface area (Å²) >= 11 is 7.27. The van der Waals surface area contributed by atoms with Crippen molar-refractivity contribution >= 4 is 45.8 Å². The monoisotopic (exact) mass is 429 g/mol. The predicted octanol–water partition coefficient (Wildman–Crippen LogP) is 3.67. The largest absolute Gasteiger partial charge is 0.300 e. The fraction of sp³-hybridized carbons (Fsp3) is 0.333. The first-order valence-corrected chi connectivity index (χ1v) is 10.7. The molecule has 2 heterocycles. The lowest BCUT2D eigenvalue weighted by atomic mass is 9.85. The maximum absolute atomic E-state index is 12.7. The van der Waals surface area contributed by atoms with Crippen LogP contribution in [0.1, 0.15) is 30.2 Å². The molecule has 3 atom stereocenters. The quantitative estimate of drug-likeness (QED) is 0.581. The van der Waals surface area contributed by atoms with Gasteiger partial charge in [-0.1, -0.05) is 35.9 Å². The Bertz CT molecular complexity index is 959. The fourth-order valence-electron chi connectivity index (χ4n) is 3.79. The van der Waals surface area contributed by atoms with E-state index in [1.807, 2.05) is 36.4 Å². The van der Waals surface area contributed by atoms with Gasteiger partial charge in [0, 0.05) is 22.5 Å². The van der Waals surface area contributed by atoms with E-state index in [9.17, 15) is 14.4 Å². The molecule has 6 nitrogen and oxygen atoms in total. The zero-order valence-corrected chi connectivity index (χ0v) is 17.4. The minimum atomic E-state index is -0.871. The van der Waals surface area contributed by atoms with Gasteiger partial charge in [0.1, 0.15) is 6.04 Å². The first kappa shape index (κ1) is 19.8. The number of halogens is 1. The number of aromatic nitrogens is 1. The standard InChI is InChI=1S/C21H20ClN3O3S/c1-12(25-19(27)16-4-2-3-5-17(16)20(25)28)18(26)24-21-23-11-15(29-21)10-13-6-8-14(22)9-7-13/h2-3,6-9,11-12,16-17H,4-5,10H2,1H3,(H,23,24,26)/t12-,16?,17?/m0/s1. The summed E-state index contributed by atoms with van der Waals surface area (Å²) in [6, 6.07) is 6.69. The Hall–Kier alpha value is -2.51. The number of rotatable bonds is 5. The summed E-state index contributed by atoms with van der Waals surface area (Å²) in [7, 11) is 0. The first-order chi connectivity index (χ1) is 13.9. The maximum Gasteiger partial charge on any atom is 0.249 e. The molecule has 1 aromatic carbocycles. The molecule has 2 unspecified atom stereocenters. The summed E-state index contributed by atoms with van der Waals surface area (Å²) in [5.41, 5.74) is 1.09. The normalized spacial score (nSPS) is 21.9. The van der Waals surface area contributed by atoms with E-state index in [2.05, 4.69) is 10.3 Å². The number of thiazole rings is 1. The molecule has 150 valence electrons. The van der Waals surface area contributed by atoms with E-state index in [4.69, 9.17) is 11.6 Å². The number of hydrogen-bond donors (Lipinski definition) is 1.